The fourth-order valence-electron chi connectivity index (χ4n) is 1.83. The number of hydrogen-bond donors (Lipinski definition) is 0. The summed E-state index contributed by atoms with van der Waals surface area (Å²) < 4.78 is 9.86. The summed E-state index contributed by atoms with van der Waals surface area (Å²) in [5, 5.41) is 15.5. The van der Waals surface area contributed by atoms with Crippen molar-refractivity contribution in [3.8, 4) is 11.4 Å². The lowest BCUT2D eigenvalue weighted by Crippen LogP contribution is -2.15. The van der Waals surface area contributed by atoms with Crippen molar-refractivity contribution < 1.29 is 14.1 Å². The minimum atomic E-state index is -0.520. The quantitative estimate of drug-likeness (QED) is 0.644. The van der Waals surface area contributed by atoms with Gasteiger partial charge in [-0.1, -0.05) is 35.0 Å². The van der Waals surface area contributed by atoms with Crippen LogP contribution in [0.3, 0.4) is 0 Å². The van der Waals surface area contributed by atoms with Crippen LogP contribution in [0.2, 0.25) is 0 Å². The van der Waals surface area contributed by atoms with E-state index >= 15 is 0 Å². The zero-order chi connectivity index (χ0) is 16.2. The number of hydrogen-bond acceptors (Lipinski definition) is 8. The minimum absolute atomic E-state index is 0.0841. The highest BCUT2D eigenvalue weighted by Crippen LogP contribution is 2.13. The third kappa shape index (κ3) is 3.76. The van der Waals surface area contributed by atoms with Gasteiger partial charge in [-0.3, -0.25) is 0 Å². The Morgan fingerprint density at radius 3 is 2.74 bits per heavy atom. The van der Waals surface area contributed by atoms with Gasteiger partial charge in [0, 0.05) is 5.56 Å². The molecule has 3 rings (SSSR count). The number of benzene rings is 1. The van der Waals surface area contributed by atoms with Crippen molar-refractivity contribution >= 4 is 5.97 Å². The van der Waals surface area contributed by atoms with Crippen LogP contribution >= 0.6 is 0 Å². The Kier molecular flexibility index (Phi) is 4.09. The lowest BCUT2D eigenvalue weighted by molar-refractivity contribution is -0.147. The van der Waals surface area contributed by atoms with Gasteiger partial charge in [0.2, 0.25) is 5.82 Å². The van der Waals surface area contributed by atoms with E-state index in [9.17, 15) is 4.79 Å². The zero-order valence-electron chi connectivity index (χ0n) is 12.6. The Morgan fingerprint density at radius 2 is 2.04 bits per heavy atom. The van der Waals surface area contributed by atoms with Crippen LogP contribution in [-0.2, 0) is 22.7 Å². The van der Waals surface area contributed by atoms with Crippen molar-refractivity contribution in [1.29, 1.82) is 0 Å². The predicted octanol–water partition coefficient (Wildman–Crippen LogP) is 1.08. The van der Waals surface area contributed by atoms with Crippen LogP contribution in [0.4, 0.5) is 0 Å². The molecule has 0 N–H and O–H groups in total. The summed E-state index contributed by atoms with van der Waals surface area (Å²) in [6.45, 7) is 3.45. The summed E-state index contributed by atoms with van der Waals surface area (Å²) in [6, 6.07) is 7.70. The highest BCUT2D eigenvalue weighted by atomic mass is 16.6. The molecule has 0 radical (unpaired) electrons. The van der Waals surface area contributed by atoms with Crippen molar-refractivity contribution in [3.05, 3.63) is 41.5 Å². The molecule has 0 saturated carbocycles. The van der Waals surface area contributed by atoms with Gasteiger partial charge in [0.25, 0.3) is 5.89 Å². The monoisotopic (exact) mass is 314 g/mol. The predicted molar refractivity (Wildman–Crippen MR) is 76.8 cm³/mol. The maximum atomic E-state index is 11.7. The number of ether oxygens (including phenoxy) is 1. The summed E-state index contributed by atoms with van der Waals surface area (Å²) >= 11 is 0. The molecule has 9 nitrogen and oxygen atoms in total. The van der Waals surface area contributed by atoms with Crippen molar-refractivity contribution in [2.45, 2.75) is 27.0 Å². The molecule has 0 atom stereocenters. The van der Waals surface area contributed by atoms with E-state index in [-0.39, 0.29) is 19.0 Å². The molecule has 0 aliphatic rings. The molecule has 0 bridgehead atoms. The molecule has 0 amide bonds. The van der Waals surface area contributed by atoms with Gasteiger partial charge in [-0.2, -0.15) is 9.78 Å². The van der Waals surface area contributed by atoms with E-state index < -0.39 is 5.97 Å². The van der Waals surface area contributed by atoms with Crippen LogP contribution in [-0.4, -0.2) is 36.3 Å². The Morgan fingerprint density at radius 1 is 1.26 bits per heavy atom. The second kappa shape index (κ2) is 6.34. The number of nitrogens with zero attached hydrogens (tertiary/aromatic N) is 6. The van der Waals surface area contributed by atoms with Gasteiger partial charge in [0.1, 0.15) is 0 Å². The number of carbonyl (C=O) groups excluding carboxylic acids is 1. The van der Waals surface area contributed by atoms with Gasteiger partial charge < -0.3 is 9.26 Å². The molecule has 118 valence electrons. The molecule has 0 aliphatic carbocycles. The molecule has 1 aromatic carbocycles. The molecule has 0 aliphatic heterocycles. The highest BCUT2D eigenvalue weighted by Gasteiger charge is 2.12. The first-order valence-electron chi connectivity index (χ1n) is 6.90. The van der Waals surface area contributed by atoms with Crippen molar-refractivity contribution in [3.63, 3.8) is 0 Å². The third-order valence-electron chi connectivity index (χ3n) is 2.96. The largest absolute Gasteiger partial charge is 0.454 e. The normalized spacial score (nSPS) is 10.7. The standard InChI is InChI=1S/C14H14N6O3/c1-9-3-5-11(6-4-9)14-16-19-20(17-14)7-13(21)22-8-12-15-10(2)18-23-12/h3-6H,7-8H2,1-2H3. The molecule has 0 fully saturated rings. The van der Waals surface area contributed by atoms with Crippen molar-refractivity contribution in [1.82, 2.24) is 30.3 Å². The summed E-state index contributed by atoms with van der Waals surface area (Å²) in [4.78, 5) is 16.9. The first-order chi connectivity index (χ1) is 11.1. The lowest BCUT2D eigenvalue weighted by Gasteiger charge is -2.00. The van der Waals surface area contributed by atoms with E-state index in [2.05, 4.69) is 25.6 Å². The summed E-state index contributed by atoms with van der Waals surface area (Å²) in [6.07, 6.45) is 0. The highest BCUT2D eigenvalue weighted by molar-refractivity contribution is 5.68. The molecule has 2 heterocycles. The van der Waals surface area contributed by atoms with Crippen LogP contribution in [0.5, 0.6) is 0 Å². The van der Waals surface area contributed by atoms with Crippen LogP contribution < -0.4 is 0 Å². The molecule has 3 aromatic rings. The van der Waals surface area contributed by atoms with E-state index in [0.717, 1.165) is 11.1 Å². The maximum Gasteiger partial charge on any atom is 0.330 e. The smallest absolute Gasteiger partial charge is 0.330 e. The molecule has 2 aromatic heterocycles. The van der Waals surface area contributed by atoms with E-state index in [1.807, 2.05) is 31.2 Å². The zero-order valence-corrected chi connectivity index (χ0v) is 12.6. The first-order valence-corrected chi connectivity index (χ1v) is 6.90. The fraction of sp³-hybridized carbons (Fsp3) is 0.286. The molecular weight excluding hydrogens is 300 g/mol. The Balaban J connectivity index is 1.58. The van der Waals surface area contributed by atoms with Gasteiger partial charge in [0.05, 0.1) is 0 Å². The Bertz CT molecular complexity index is 808. The van der Waals surface area contributed by atoms with Gasteiger partial charge in [-0.15, -0.1) is 10.2 Å². The maximum absolute atomic E-state index is 11.7. The number of esters is 1. The average Bonchev–Trinajstić information content (AvgIpc) is 3.15. The van der Waals surface area contributed by atoms with Crippen LogP contribution in [0, 0.1) is 13.8 Å². The van der Waals surface area contributed by atoms with Gasteiger partial charge >= 0.3 is 5.97 Å². The van der Waals surface area contributed by atoms with E-state index in [1.165, 1.54) is 4.80 Å². The van der Waals surface area contributed by atoms with Crippen LogP contribution in [0.15, 0.2) is 28.8 Å². The van der Waals surface area contributed by atoms with Gasteiger partial charge in [0.15, 0.2) is 19.0 Å². The Labute approximate surface area is 131 Å². The molecule has 0 spiro atoms. The fourth-order valence-corrected chi connectivity index (χ4v) is 1.83. The third-order valence-corrected chi connectivity index (χ3v) is 2.96. The average molecular weight is 314 g/mol. The number of carbonyl (C=O) groups is 1. The number of rotatable bonds is 5. The summed E-state index contributed by atoms with van der Waals surface area (Å²) in [5.74, 6) is 0.651. The van der Waals surface area contributed by atoms with Crippen LogP contribution in [0.1, 0.15) is 17.3 Å². The number of aromatic nitrogens is 6. The van der Waals surface area contributed by atoms with Crippen LogP contribution in [0.25, 0.3) is 11.4 Å². The molecule has 0 saturated heterocycles. The van der Waals surface area contributed by atoms with E-state index in [4.69, 9.17) is 9.26 Å². The molecular formula is C14H14N6O3. The Hall–Kier alpha value is -3.10. The second-order valence-electron chi connectivity index (χ2n) is 4.91. The molecule has 23 heavy (non-hydrogen) atoms. The number of tetrazole rings is 1. The number of aryl methyl sites for hydroxylation is 2. The SMILES string of the molecule is Cc1ccc(-c2nnn(CC(=O)OCc3nc(C)no3)n2)cc1. The minimum Gasteiger partial charge on any atom is -0.454 e. The molecule has 0 unspecified atom stereocenters. The second-order valence-corrected chi connectivity index (χ2v) is 4.91. The van der Waals surface area contributed by atoms with Gasteiger partial charge in [-0.25, -0.2) is 4.79 Å². The van der Waals surface area contributed by atoms with Crippen molar-refractivity contribution in [2.24, 2.45) is 0 Å². The summed E-state index contributed by atoms with van der Waals surface area (Å²) in [5.41, 5.74) is 1.97. The van der Waals surface area contributed by atoms with E-state index in [1.54, 1.807) is 6.92 Å². The van der Waals surface area contributed by atoms with E-state index in [0.29, 0.717) is 11.6 Å². The summed E-state index contributed by atoms with van der Waals surface area (Å²) in [7, 11) is 0. The lowest BCUT2D eigenvalue weighted by atomic mass is 10.1. The van der Waals surface area contributed by atoms with Crippen molar-refractivity contribution in [2.75, 3.05) is 0 Å². The first kappa shape index (κ1) is 14.8. The topological polar surface area (TPSA) is 109 Å². The molecule has 9 heteroatoms. The van der Waals surface area contributed by atoms with Gasteiger partial charge in [-0.05, 0) is 19.1 Å².